The van der Waals surface area contributed by atoms with Crippen molar-refractivity contribution in [2.24, 2.45) is 5.41 Å². The van der Waals surface area contributed by atoms with Gasteiger partial charge in [-0.1, -0.05) is 54.2 Å². The van der Waals surface area contributed by atoms with E-state index in [0.29, 0.717) is 5.57 Å². The average Bonchev–Trinajstić information content (AvgIpc) is 2.41. The number of hydrogen-bond donors (Lipinski definition) is 1. The van der Waals surface area contributed by atoms with Crippen molar-refractivity contribution in [1.29, 1.82) is 0 Å². The fraction of sp³-hybridized carbons (Fsp3) is 0.471. The van der Waals surface area contributed by atoms with E-state index in [4.69, 9.17) is 0 Å². The summed E-state index contributed by atoms with van der Waals surface area (Å²) in [6.45, 7) is 3.60. The molecule has 0 aliphatic heterocycles. The van der Waals surface area contributed by atoms with Crippen LogP contribution >= 0.6 is 15.9 Å². The molecule has 0 radical (unpaired) electrons. The van der Waals surface area contributed by atoms with Crippen LogP contribution in [0.15, 0.2) is 34.5 Å². The van der Waals surface area contributed by atoms with Crippen molar-refractivity contribution in [3.8, 4) is 0 Å². The molecular weight excluding hydrogens is 316 g/mol. The molecule has 0 bridgehead atoms. The third-order valence-corrected chi connectivity index (χ3v) is 4.78. The molecule has 1 aliphatic rings. The number of carbonyl (C=O) groups is 1. The van der Waals surface area contributed by atoms with Crippen LogP contribution in [0.1, 0.15) is 51.5 Å². The van der Waals surface area contributed by atoms with Gasteiger partial charge in [-0.25, -0.2) is 0 Å². The molecule has 1 saturated carbocycles. The number of halogens is 1. The van der Waals surface area contributed by atoms with Crippen LogP contribution in [0.5, 0.6) is 0 Å². The normalized spacial score (nSPS) is 19.4. The number of Topliss-reactive ketones (excluding diaryl/α,β-unsaturated/α-hetero) is 1. The van der Waals surface area contributed by atoms with Gasteiger partial charge >= 0.3 is 0 Å². The second kappa shape index (κ2) is 6.13. The van der Waals surface area contributed by atoms with Crippen molar-refractivity contribution in [1.82, 2.24) is 0 Å². The molecule has 0 unspecified atom stereocenters. The monoisotopic (exact) mass is 336 g/mol. The van der Waals surface area contributed by atoms with E-state index in [1.807, 2.05) is 24.3 Å². The van der Waals surface area contributed by atoms with E-state index in [-0.39, 0.29) is 17.0 Å². The fourth-order valence-corrected chi connectivity index (χ4v) is 3.26. The van der Waals surface area contributed by atoms with Gasteiger partial charge in [0.15, 0.2) is 5.78 Å². The third kappa shape index (κ3) is 3.14. The van der Waals surface area contributed by atoms with Gasteiger partial charge in [0.05, 0.1) is 5.57 Å². The molecule has 0 saturated heterocycles. The van der Waals surface area contributed by atoms with Crippen LogP contribution in [0.2, 0.25) is 0 Å². The molecule has 0 spiro atoms. The Hall–Kier alpha value is -1.09. The molecule has 1 aromatic rings. The van der Waals surface area contributed by atoms with Crippen LogP contribution < -0.4 is 0 Å². The van der Waals surface area contributed by atoms with Crippen LogP contribution in [-0.4, -0.2) is 10.9 Å². The zero-order chi connectivity index (χ0) is 14.8. The Kier molecular flexibility index (Phi) is 4.69. The van der Waals surface area contributed by atoms with Gasteiger partial charge in [0.25, 0.3) is 0 Å². The number of ketones is 1. The quantitative estimate of drug-likeness (QED) is 0.602. The number of rotatable bonds is 3. The van der Waals surface area contributed by atoms with Crippen LogP contribution in [0.4, 0.5) is 0 Å². The lowest BCUT2D eigenvalue weighted by molar-refractivity contribution is -0.112. The second-order valence-electron chi connectivity index (χ2n) is 5.91. The van der Waals surface area contributed by atoms with Crippen LogP contribution in [-0.2, 0) is 4.79 Å². The fourth-order valence-electron chi connectivity index (χ4n) is 2.99. The minimum Gasteiger partial charge on any atom is -0.511 e. The highest BCUT2D eigenvalue weighted by Gasteiger charge is 2.34. The number of aliphatic hydroxyl groups excluding tert-OH is 1. The number of allylic oxidation sites excluding steroid dienone is 2. The summed E-state index contributed by atoms with van der Waals surface area (Å²) in [6, 6.07) is 7.55. The number of aliphatic hydroxyl groups is 1. The summed E-state index contributed by atoms with van der Waals surface area (Å²) in [5, 5.41) is 10.7. The van der Waals surface area contributed by atoms with Crippen LogP contribution in [0, 0.1) is 5.41 Å². The molecule has 20 heavy (non-hydrogen) atoms. The van der Waals surface area contributed by atoms with Crippen molar-refractivity contribution in [3.05, 3.63) is 40.1 Å². The summed E-state index contributed by atoms with van der Waals surface area (Å²) < 4.78 is 0.965. The Morgan fingerprint density at radius 3 is 2.20 bits per heavy atom. The van der Waals surface area contributed by atoms with E-state index in [1.165, 1.54) is 13.3 Å². The summed E-state index contributed by atoms with van der Waals surface area (Å²) in [4.78, 5) is 12.0. The Morgan fingerprint density at radius 1 is 1.15 bits per heavy atom. The van der Waals surface area contributed by atoms with Crippen LogP contribution in [0.25, 0.3) is 5.57 Å². The summed E-state index contributed by atoms with van der Waals surface area (Å²) in [5.74, 6) is 0.198. The van der Waals surface area contributed by atoms with Gasteiger partial charge < -0.3 is 5.11 Å². The SMILES string of the molecule is CC(=O)/C(=C(/O)C1(C)CCCCC1)c1ccc(Br)cc1. The number of carbonyl (C=O) groups excluding carboxylic acids is 1. The van der Waals surface area contributed by atoms with Crippen molar-refractivity contribution >= 4 is 27.3 Å². The summed E-state index contributed by atoms with van der Waals surface area (Å²) in [6.07, 6.45) is 5.35. The smallest absolute Gasteiger partial charge is 0.163 e. The van der Waals surface area contributed by atoms with E-state index in [1.54, 1.807) is 0 Å². The Labute approximate surface area is 129 Å². The predicted molar refractivity (Wildman–Crippen MR) is 85.6 cm³/mol. The lowest BCUT2D eigenvalue weighted by Gasteiger charge is -2.34. The number of hydrogen-bond acceptors (Lipinski definition) is 2. The molecule has 2 rings (SSSR count). The topological polar surface area (TPSA) is 37.3 Å². The largest absolute Gasteiger partial charge is 0.511 e. The summed E-state index contributed by atoms with van der Waals surface area (Å²) >= 11 is 3.39. The van der Waals surface area contributed by atoms with E-state index >= 15 is 0 Å². The molecule has 1 aromatic carbocycles. The second-order valence-corrected chi connectivity index (χ2v) is 6.82. The first kappa shape index (κ1) is 15.3. The highest BCUT2D eigenvalue weighted by Crippen LogP contribution is 2.43. The first-order valence-corrected chi connectivity index (χ1v) is 7.94. The lowest BCUT2D eigenvalue weighted by Crippen LogP contribution is -2.25. The maximum Gasteiger partial charge on any atom is 0.163 e. The Balaban J connectivity index is 2.47. The molecule has 2 nitrogen and oxygen atoms in total. The van der Waals surface area contributed by atoms with E-state index < -0.39 is 0 Å². The molecule has 0 heterocycles. The van der Waals surface area contributed by atoms with Gasteiger partial charge in [-0.2, -0.15) is 0 Å². The molecular formula is C17H21BrO2. The molecule has 0 amide bonds. The van der Waals surface area contributed by atoms with E-state index in [9.17, 15) is 9.90 Å². The maximum absolute atomic E-state index is 12.0. The maximum atomic E-state index is 12.0. The summed E-state index contributed by atoms with van der Waals surface area (Å²) in [5.41, 5.74) is 1.01. The Morgan fingerprint density at radius 2 is 1.70 bits per heavy atom. The van der Waals surface area contributed by atoms with Gasteiger partial charge in [-0.15, -0.1) is 0 Å². The minimum atomic E-state index is -0.258. The van der Waals surface area contributed by atoms with Crippen molar-refractivity contribution in [3.63, 3.8) is 0 Å². The summed E-state index contributed by atoms with van der Waals surface area (Å²) in [7, 11) is 0. The van der Waals surface area contributed by atoms with Gasteiger partial charge in [0.1, 0.15) is 5.76 Å². The third-order valence-electron chi connectivity index (χ3n) is 4.25. The highest BCUT2D eigenvalue weighted by atomic mass is 79.9. The van der Waals surface area contributed by atoms with Crippen molar-refractivity contribution in [2.75, 3.05) is 0 Å². The standard InChI is InChI=1S/C17H21BrO2/c1-12(19)15(13-6-8-14(18)9-7-13)16(20)17(2)10-4-3-5-11-17/h6-9,20H,3-5,10-11H2,1-2H3/b16-15-. The first-order valence-electron chi connectivity index (χ1n) is 7.15. The van der Waals surface area contributed by atoms with Crippen molar-refractivity contribution < 1.29 is 9.90 Å². The zero-order valence-corrected chi connectivity index (χ0v) is 13.7. The predicted octanol–water partition coefficient (Wildman–Crippen LogP) is 5.28. The van der Waals surface area contributed by atoms with E-state index in [0.717, 1.165) is 35.7 Å². The average molecular weight is 337 g/mol. The minimum absolute atomic E-state index is 0.0726. The Bertz CT molecular complexity index is 522. The zero-order valence-electron chi connectivity index (χ0n) is 12.1. The molecule has 0 atom stereocenters. The van der Waals surface area contributed by atoms with Crippen molar-refractivity contribution in [2.45, 2.75) is 46.0 Å². The molecule has 3 heteroatoms. The highest BCUT2D eigenvalue weighted by molar-refractivity contribution is 9.10. The molecule has 108 valence electrons. The van der Waals surface area contributed by atoms with Gasteiger partial charge in [-0.05, 0) is 37.5 Å². The first-order chi connectivity index (χ1) is 9.44. The van der Waals surface area contributed by atoms with E-state index in [2.05, 4.69) is 22.9 Å². The molecule has 0 aromatic heterocycles. The van der Waals surface area contributed by atoms with Gasteiger partial charge in [0, 0.05) is 9.89 Å². The molecule has 1 aliphatic carbocycles. The molecule has 1 fully saturated rings. The van der Waals surface area contributed by atoms with Gasteiger partial charge in [0.2, 0.25) is 0 Å². The number of benzene rings is 1. The molecule has 1 N–H and O–H groups in total. The van der Waals surface area contributed by atoms with Crippen LogP contribution in [0.3, 0.4) is 0 Å². The lowest BCUT2D eigenvalue weighted by atomic mass is 9.72. The van der Waals surface area contributed by atoms with Gasteiger partial charge in [-0.3, -0.25) is 4.79 Å².